The van der Waals surface area contributed by atoms with Crippen molar-refractivity contribution in [2.45, 2.75) is 46.1 Å². The fourth-order valence-electron chi connectivity index (χ4n) is 4.15. The summed E-state index contributed by atoms with van der Waals surface area (Å²) in [6.07, 6.45) is 3.25. The highest BCUT2D eigenvalue weighted by Crippen LogP contribution is 2.66. The van der Waals surface area contributed by atoms with E-state index in [1.807, 2.05) is 0 Å². The third kappa shape index (κ3) is 1.68. The summed E-state index contributed by atoms with van der Waals surface area (Å²) in [6.45, 7) is 6.82. The first kappa shape index (κ1) is 13.5. The number of benzene rings is 1. The van der Waals surface area contributed by atoms with E-state index in [0.29, 0.717) is 5.92 Å². The molecule has 1 aromatic carbocycles. The Morgan fingerprint density at radius 1 is 1.30 bits per heavy atom. The predicted molar refractivity (Wildman–Crippen MR) is 76.5 cm³/mol. The van der Waals surface area contributed by atoms with Crippen molar-refractivity contribution in [3.8, 4) is 5.75 Å². The van der Waals surface area contributed by atoms with E-state index in [2.05, 4.69) is 20.8 Å². The monoisotopic (exact) mass is 274 g/mol. The van der Waals surface area contributed by atoms with Crippen LogP contribution >= 0.6 is 0 Å². The van der Waals surface area contributed by atoms with Gasteiger partial charge in [0.05, 0.1) is 0 Å². The molecule has 0 amide bonds. The second-order valence-corrected chi connectivity index (χ2v) is 7.02. The fourth-order valence-corrected chi connectivity index (χ4v) is 4.15. The number of carbonyl (C=O) groups is 1. The lowest BCUT2D eigenvalue weighted by Crippen LogP contribution is -2.38. The molecule has 108 valence electrons. The molecule has 1 N–H and O–H groups in total. The van der Waals surface area contributed by atoms with Gasteiger partial charge in [0.2, 0.25) is 0 Å². The van der Waals surface area contributed by atoms with Gasteiger partial charge in [-0.3, -0.25) is 0 Å². The van der Waals surface area contributed by atoms with Crippen molar-refractivity contribution >= 4 is 5.97 Å². The van der Waals surface area contributed by atoms with Gasteiger partial charge in [-0.1, -0.05) is 32.9 Å². The normalized spacial score (nSPS) is 34.1. The summed E-state index contributed by atoms with van der Waals surface area (Å²) < 4.78 is 5.75. The molecule has 2 aliphatic carbocycles. The molecule has 0 heterocycles. The number of fused-ring (bicyclic) bond motifs is 2. The minimum absolute atomic E-state index is 0.00919. The molecular formula is C17H22O3. The van der Waals surface area contributed by atoms with Gasteiger partial charge in [0, 0.05) is 5.41 Å². The summed E-state index contributed by atoms with van der Waals surface area (Å²) >= 11 is 0. The second-order valence-electron chi connectivity index (χ2n) is 7.02. The summed E-state index contributed by atoms with van der Waals surface area (Å²) in [6, 6.07) is 6.57. The number of phenols is 1. The van der Waals surface area contributed by atoms with Crippen LogP contribution in [-0.4, -0.2) is 17.2 Å². The summed E-state index contributed by atoms with van der Waals surface area (Å²) in [4.78, 5) is 12.3. The highest BCUT2D eigenvalue weighted by atomic mass is 16.5. The molecule has 0 saturated heterocycles. The third-order valence-corrected chi connectivity index (χ3v) is 6.09. The molecular weight excluding hydrogens is 252 g/mol. The van der Waals surface area contributed by atoms with Crippen molar-refractivity contribution in [2.24, 2.45) is 16.7 Å². The number of esters is 1. The highest BCUT2D eigenvalue weighted by molar-refractivity contribution is 5.92. The molecule has 2 bridgehead atoms. The first-order chi connectivity index (χ1) is 9.36. The molecule has 0 radical (unpaired) electrons. The Labute approximate surface area is 120 Å². The standard InChI is InChI=1S/C17H22O3/c1-16(2)11-8-9-17(16,3)14(10-11)20-15(19)12-6-4-5-7-13(12)18/h4-7,11,14,18H,8-10H2,1-3H3/t11-,14-,17+/m0/s1. The highest BCUT2D eigenvalue weighted by Gasteiger charge is 2.62. The molecule has 2 saturated carbocycles. The lowest BCUT2D eigenvalue weighted by atomic mass is 9.70. The molecule has 2 fully saturated rings. The van der Waals surface area contributed by atoms with Crippen molar-refractivity contribution in [1.82, 2.24) is 0 Å². The van der Waals surface area contributed by atoms with Gasteiger partial charge in [0.25, 0.3) is 0 Å². The molecule has 0 aromatic heterocycles. The SMILES string of the molecule is CC1(C)[C@H]2CC[C@]1(C)[C@@H](OC(=O)c1ccccc1O)C2. The van der Waals surface area contributed by atoms with Gasteiger partial charge in [-0.15, -0.1) is 0 Å². The number of hydrogen-bond donors (Lipinski definition) is 1. The van der Waals surface area contributed by atoms with Crippen molar-refractivity contribution < 1.29 is 14.6 Å². The lowest BCUT2D eigenvalue weighted by Gasteiger charge is -2.38. The van der Waals surface area contributed by atoms with E-state index >= 15 is 0 Å². The molecule has 0 unspecified atom stereocenters. The average molecular weight is 274 g/mol. The summed E-state index contributed by atoms with van der Waals surface area (Å²) in [5.74, 6) is 0.220. The van der Waals surface area contributed by atoms with Gasteiger partial charge in [-0.2, -0.15) is 0 Å². The van der Waals surface area contributed by atoms with E-state index in [4.69, 9.17) is 4.74 Å². The Kier molecular flexibility index (Phi) is 2.86. The van der Waals surface area contributed by atoms with E-state index in [1.54, 1.807) is 18.2 Å². The lowest BCUT2D eigenvalue weighted by molar-refractivity contribution is -0.0244. The van der Waals surface area contributed by atoms with E-state index in [-0.39, 0.29) is 28.2 Å². The van der Waals surface area contributed by atoms with E-state index in [1.165, 1.54) is 12.5 Å². The largest absolute Gasteiger partial charge is 0.507 e. The molecule has 20 heavy (non-hydrogen) atoms. The fraction of sp³-hybridized carbons (Fsp3) is 0.588. The van der Waals surface area contributed by atoms with Crippen molar-refractivity contribution in [1.29, 1.82) is 0 Å². The van der Waals surface area contributed by atoms with Crippen molar-refractivity contribution in [3.05, 3.63) is 29.8 Å². The van der Waals surface area contributed by atoms with Crippen molar-refractivity contribution in [2.75, 3.05) is 0 Å². The number of hydrogen-bond acceptors (Lipinski definition) is 3. The zero-order chi connectivity index (χ0) is 14.5. The summed E-state index contributed by atoms with van der Waals surface area (Å²) in [5, 5.41) is 9.75. The van der Waals surface area contributed by atoms with Crippen molar-refractivity contribution in [3.63, 3.8) is 0 Å². The average Bonchev–Trinajstić information content (AvgIpc) is 2.72. The molecule has 3 heteroatoms. The number of carbonyl (C=O) groups excluding carboxylic acids is 1. The topological polar surface area (TPSA) is 46.5 Å². The van der Waals surface area contributed by atoms with Gasteiger partial charge in [-0.25, -0.2) is 4.79 Å². The maximum Gasteiger partial charge on any atom is 0.342 e. The van der Waals surface area contributed by atoms with Gasteiger partial charge >= 0.3 is 5.97 Å². The summed E-state index contributed by atoms with van der Waals surface area (Å²) in [7, 11) is 0. The minimum atomic E-state index is -0.405. The first-order valence-electron chi connectivity index (χ1n) is 7.35. The number of ether oxygens (including phenoxy) is 1. The smallest absolute Gasteiger partial charge is 0.342 e. The summed E-state index contributed by atoms with van der Waals surface area (Å²) in [5.41, 5.74) is 0.533. The molecule has 3 nitrogen and oxygen atoms in total. The van der Waals surface area contributed by atoms with E-state index in [9.17, 15) is 9.90 Å². The Morgan fingerprint density at radius 3 is 2.55 bits per heavy atom. The molecule has 3 rings (SSSR count). The minimum Gasteiger partial charge on any atom is -0.507 e. The molecule has 3 atom stereocenters. The second kappa shape index (κ2) is 4.24. The van der Waals surface area contributed by atoms with Crippen LogP contribution < -0.4 is 0 Å². The quantitative estimate of drug-likeness (QED) is 0.835. The maximum atomic E-state index is 12.3. The van der Waals surface area contributed by atoms with Gasteiger partial charge in [0.15, 0.2) is 0 Å². The van der Waals surface area contributed by atoms with Gasteiger partial charge < -0.3 is 9.84 Å². The maximum absolute atomic E-state index is 12.3. The van der Waals surface area contributed by atoms with Crippen LogP contribution in [0, 0.1) is 16.7 Å². The first-order valence-corrected chi connectivity index (χ1v) is 7.35. The zero-order valence-electron chi connectivity index (χ0n) is 12.3. The van der Waals surface area contributed by atoms with Crippen LogP contribution in [0.5, 0.6) is 5.75 Å². The molecule has 0 aliphatic heterocycles. The van der Waals surface area contributed by atoms with Crippen LogP contribution in [0.25, 0.3) is 0 Å². The third-order valence-electron chi connectivity index (χ3n) is 6.09. The van der Waals surface area contributed by atoms with Gasteiger partial charge in [-0.05, 0) is 42.7 Å². The van der Waals surface area contributed by atoms with E-state index in [0.717, 1.165) is 12.8 Å². The van der Waals surface area contributed by atoms with E-state index < -0.39 is 5.97 Å². The number of aromatic hydroxyl groups is 1. The Balaban J connectivity index is 1.81. The van der Waals surface area contributed by atoms with Crippen LogP contribution in [0.15, 0.2) is 24.3 Å². The number of phenolic OH excluding ortho intramolecular Hbond substituents is 1. The van der Waals surface area contributed by atoms with Gasteiger partial charge in [0.1, 0.15) is 17.4 Å². The number of rotatable bonds is 2. The molecule has 2 aliphatic rings. The van der Waals surface area contributed by atoms with Crippen LogP contribution in [0.3, 0.4) is 0 Å². The van der Waals surface area contributed by atoms with Crippen LogP contribution in [-0.2, 0) is 4.74 Å². The van der Waals surface area contributed by atoms with Crippen LogP contribution in [0.1, 0.15) is 50.4 Å². The molecule has 0 spiro atoms. The van der Waals surface area contributed by atoms with Crippen LogP contribution in [0.2, 0.25) is 0 Å². The Bertz CT molecular complexity index is 549. The zero-order valence-corrected chi connectivity index (χ0v) is 12.3. The predicted octanol–water partition coefficient (Wildman–Crippen LogP) is 3.76. The molecule has 1 aromatic rings. The number of para-hydroxylation sites is 1. The Hall–Kier alpha value is -1.51. The van der Waals surface area contributed by atoms with Crippen LogP contribution in [0.4, 0.5) is 0 Å². The Morgan fingerprint density at radius 2 is 2.00 bits per heavy atom.